The van der Waals surface area contributed by atoms with Crippen molar-refractivity contribution >= 4 is 55.3 Å². The highest BCUT2D eigenvalue weighted by Crippen LogP contribution is 2.28. The summed E-state index contributed by atoms with van der Waals surface area (Å²) in [6.45, 7) is 3.09. The molecule has 0 spiro atoms. The van der Waals surface area contributed by atoms with Gasteiger partial charge in [0.2, 0.25) is 21.8 Å². The van der Waals surface area contributed by atoms with Crippen molar-refractivity contribution in [3.8, 4) is 5.75 Å². The lowest BCUT2D eigenvalue weighted by atomic mass is 9.98. The van der Waals surface area contributed by atoms with Crippen molar-refractivity contribution in [3.05, 3.63) is 84.4 Å². The van der Waals surface area contributed by atoms with E-state index >= 15 is 0 Å². The number of nitrogens with two attached hydrogens (primary N) is 1. The van der Waals surface area contributed by atoms with E-state index in [0.717, 1.165) is 34.3 Å². The standard InChI is InChI=1S/C26H34N6O6S.C14H16O2.H2O/c27-26(28)31-11-3-4-17(15-31)14-29-23(33)13-22(25(36)32(16-24(34)35)20-8-9-20)30-39(37,38)21-10-7-18-5-1-2-6-19(18)12-21;1-10(9-15)11-3-4-13-8-14(16-2)6-5-12(13)7-11;/h1-2,5-7,10,12,17,20,22,30H,3-4,8-9,11,13-16H2,(H3,27,28)(H,29,33)(H,34,35);3-8,10,15H,9H2,1-2H3;1H2/t17-,22-;10-;/m01./s1. The average molecular weight is 793 g/mol. The van der Waals surface area contributed by atoms with Crippen LogP contribution in [0.4, 0.5) is 0 Å². The lowest BCUT2D eigenvalue weighted by Crippen LogP contribution is -2.52. The number of fused-ring (bicyclic) bond motifs is 2. The third-order valence-corrected chi connectivity index (χ3v) is 11.4. The van der Waals surface area contributed by atoms with Crippen LogP contribution in [0, 0.1) is 11.3 Å². The molecule has 2 fully saturated rings. The van der Waals surface area contributed by atoms with Gasteiger partial charge in [-0.1, -0.05) is 61.5 Å². The second-order valence-corrected chi connectivity index (χ2v) is 15.9. The molecule has 15 nitrogen and oxygen atoms in total. The van der Waals surface area contributed by atoms with E-state index in [4.69, 9.17) is 21.0 Å². The second-order valence-electron chi connectivity index (χ2n) is 14.2. The lowest BCUT2D eigenvalue weighted by Gasteiger charge is -2.33. The van der Waals surface area contributed by atoms with Crippen LogP contribution in [0.2, 0.25) is 0 Å². The van der Waals surface area contributed by atoms with E-state index in [1.807, 2.05) is 37.3 Å². The van der Waals surface area contributed by atoms with Gasteiger partial charge in [0.05, 0.1) is 18.4 Å². The molecule has 6 rings (SSSR count). The molecule has 1 aliphatic carbocycles. The van der Waals surface area contributed by atoms with Gasteiger partial charge in [0.15, 0.2) is 5.96 Å². The number of guanidine groups is 1. The van der Waals surface area contributed by atoms with Crippen LogP contribution in [-0.2, 0) is 24.4 Å². The summed E-state index contributed by atoms with van der Waals surface area (Å²) in [5, 5.41) is 32.7. The van der Waals surface area contributed by atoms with Crippen LogP contribution < -0.4 is 20.5 Å². The number of rotatable bonds is 14. The number of carbonyl (C=O) groups excluding carboxylic acids is 2. The van der Waals surface area contributed by atoms with Crippen molar-refractivity contribution in [1.29, 1.82) is 5.41 Å². The number of carbonyl (C=O) groups is 3. The number of nitrogens with zero attached hydrogens (tertiary/aromatic N) is 2. The molecular formula is C40H52N6O9S. The molecule has 2 amide bonds. The number of aliphatic carboxylic acids is 1. The van der Waals surface area contributed by atoms with Gasteiger partial charge in [-0.25, -0.2) is 8.42 Å². The third kappa shape index (κ3) is 11.6. The number of amides is 2. The maximum Gasteiger partial charge on any atom is 0.323 e. The van der Waals surface area contributed by atoms with Gasteiger partial charge in [-0.2, -0.15) is 4.72 Å². The van der Waals surface area contributed by atoms with E-state index in [2.05, 4.69) is 28.2 Å². The first-order chi connectivity index (χ1) is 26.3. The molecule has 0 aromatic heterocycles. The van der Waals surface area contributed by atoms with Crippen LogP contribution in [0.15, 0.2) is 83.8 Å². The Balaban J connectivity index is 0.000000342. The summed E-state index contributed by atoms with van der Waals surface area (Å²) in [7, 11) is -2.56. The van der Waals surface area contributed by atoms with E-state index in [1.165, 1.54) is 23.1 Å². The fourth-order valence-electron chi connectivity index (χ4n) is 6.64. The maximum absolute atomic E-state index is 13.5. The predicted octanol–water partition coefficient (Wildman–Crippen LogP) is 2.79. The molecule has 2 aliphatic rings. The number of aliphatic hydroxyl groups excluding tert-OH is 1. The van der Waals surface area contributed by atoms with Gasteiger partial charge in [0.25, 0.3) is 0 Å². The number of hydrogen-bond donors (Lipinski definition) is 6. The molecule has 0 radical (unpaired) electrons. The minimum Gasteiger partial charge on any atom is -0.497 e. The Labute approximate surface area is 326 Å². The van der Waals surface area contributed by atoms with Crippen molar-refractivity contribution < 1.29 is 43.2 Å². The van der Waals surface area contributed by atoms with Crippen molar-refractivity contribution in [3.63, 3.8) is 0 Å². The van der Waals surface area contributed by atoms with Crippen LogP contribution in [0.3, 0.4) is 0 Å². The smallest absolute Gasteiger partial charge is 0.323 e. The summed E-state index contributed by atoms with van der Waals surface area (Å²) in [6.07, 6.45) is 2.39. The molecular weight excluding hydrogens is 741 g/mol. The lowest BCUT2D eigenvalue weighted by molar-refractivity contribution is -0.146. The number of carboxylic acids is 1. The number of carboxylic acid groups (broad SMARTS) is 1. The Bertz CT molecular complexity index is 2130. The van der Waals surface area contributed by atoms with E-state index in [-0.39, 0.29) is 47.4 Å². The van der Waals surface area contributed by atoms with Gasteiger partial charge in [-0.3, -0.25) is 19.8 Å². The Hall–Kier alpha value is -5.29. The zero-order valence-corrected chi connectivity index (χ0v) is 32.4. The fraction of sp³-hybridized carbons (Fsp3) is 0.400. The SMILES string of the molecule is COc1ccc2cc([C@H](C)CO)ccc2c1.N=C(N)N1CCC[C@@H](CNC(=O)C[C@H](NS(=O)(=O)c2ccc3ccccc3c2)C(=O)N(CC(=O)O)C2CC2)C1.O. The van der Waals surface area contributed by atoms with Crippen LogP contribution in [0.5, 0.6) is 5.75 Å². The second kappa shape index (κ2) is 19.5. The zero-order chi connectivity index (χ0) is 39.7. The van der Waals surface area contributed by atoms with Crippen LogP contribution >= 0.6 is 0 Å². The summed E-state index contributed by atoms with van der Waals surface area (Å²) in [6, 6.07) is 22.3. The van der Waals surface area contributed by atoms with E-state index in [1.54, 1.807) is 30.2 Å². The molecule has 302 valence electrons. The number of piperidine rings is 1. The van der Waals surface area contributed by atoms with Crippen molar-refractivity contribution in [2.75, 3.05) is 39.9 Å². The number of benzene rings is 4. The molecule has 9 N–H and O–H groups in total. The van der Waals surface area contributed by atoms with Gasteiger partial charge in [-0.05, 0) is 83.0 Å². The molecule has 1 aliphatic heterocycles. The van der Waals surface area contributed by atoms with Crippen LogP contribution in [0.1, 0.15) is 50.5 Å². The van der Waals surface area contributed by atoms with Gasteiger partial charge < -0.3 is 41.3 Å². The van der Waals surface area contributed by atoms with E-state index in [9.17, 15) is 27.9 Å². The molecule has 1 saturated heterocycles. The largest absolute Gasteiger partial charge is 0.497 e. The van der Waals surface area contributed by atoms with E-state index < -0.39 is 46.8 Å². The van der Waals surface area contributed by atoms with Crippen LogP contribution in [-0.4, -0.2) is 110 Å². The predicted molar refractivity (Wildman–Crippen MR) is 214 cm³/mol. The molecule has 0 bridgehead atoms. The van der Waals surface area contributed by atoms with Crippen molar-refractivity contribution in [2.45, 2.75) is 61.9 Å². The number of sulfonamides is 1. The monoisotopic (exact) mass is 792 g/mol. The summed E-state index contributed by atoms with van der Waals surface area (Å²) < 4.78 is 34.2. The zero-order valence-electron chi connectivity index (χ0n) is 31.6. The normalized spacial score (nSPS) is 16.4. The average Bonchev–Trinajstić information content (AvgIpc) is 4.03. The minimum atomic E-state index is -4.23. The Morgan fingerprint density at radius 3 is 2.30 bits per heavy atom. The maximum atomic E-state index is 13.5. The summed E-state index contributed by atoms with van der Waals surface area (Å²) >= 11 is 0. The topological polar surface area (TPSA) is 247 Å². The highest BCUT2D eigenvalue weighted by molar-refractivity contribution is 7.89. The van der Waals surface area contributed by atoms with Gasteiger partial charge in [0, 0.05) is 38.2 Å². The van der Waals surface area contributed by atoms with Crippen LogP contribution in [0.25, 0.3) is 21.5 Å². The Kier molecular flexibility index (Phi) is 15.1. The van der Waals surface area contributed by atoms with Gasteiger partial charge in [-0.15, -0.1) is 0 Å². The Morgan fingerprint density at radius 2 is 1.64 bits per heavy atom. The summed E-state index contributed by atoms with van der Waals surface area (Å²) in [5.74, 6) is -1.44. The quantitative estimate of drug-likeness (QED) is 0.0805. The third-order valence-electron chi connectivity index (χ3n) is 9.95. The van der Waals surface area contributed by atoms with E-state index in [0.29, 0.717) is 31.3 Å². The number of likely N-dealkylation sites (tertiary alicyclic amines) is 1. The first-order valence-corrected chi connectivity index (χ1v) is 19.8. The summed E-state index contributed by atoms with van der Waals surface area (Å²) in [5.41, 5.74) is 6.75. The molecule has 4 aromatic rings. The number of methoxy groups -OCH3 is 1. The highest BCUT2D eigenvalue weighted by atomic mass is 32.2. The molecule has 0 unspecified atom stereocenters. The number of ether oxygens (including phenoxy) is 1. The molecule has 1 heterocycles. The molecule has 16 heteroatoms. The fourth-order valence-corrected chi connectivity index (χ4v) is 7.86. The molecule has 3 atom stereocenters. The Morgan fingerprint density at radius 1 is 0.982 bits per heavy atom. The number of aliphatic hydroxyl groups is 1. The summed E-state index contributed by atoms with van der Waals surface area (Å²) in [4.78, 5) is 40.6. The molecule has 4 aromatic carbocycles. The van der Waals surface area contributed by atoms with Crippen molar-refractivity contribution in [2.24, 2.45) is 11.7 Å². The molecule has 56 heavy (non-hydrogen) atoms. The van der Waals surface area contributed by atoms with Gasteiger partial charge in [0.1, 0.15) is 18.3 Å². The number of nitrogens with one attached hydrogen (secondary N) is 3. The van der Waals surface area contributed by atoms with Gasteiger partial charge >= 0.3 is 5.97 Å². The highest BCUT2D eigenvalue weighted by Gasteiger charge is 2.39. The number of hydrogen-bond acceptors (Lipinski definition) is 8. The first-order valence-electron chi connectivity index (χ1n) is 18.4. The minimum absolute atomic E-state index is 0. The van der Waals surface area contributed by atoms with Crippen molar-refractivity contribution in [1.82, 2.24) is 19.8 Å². The molecule has 1 saturated carbocycles. The first kappa shape index (κ1) is 43.4.